The van der Waals surface area contributed by atoms with E-state index in [0.717, 1.165) is 0 Å². The Morgan fingerprint density at radius 1 is 0.741 bits per heavy atom. The lowest BCUT2D eigenvalue weighted by atomic mass is 9.97. The summed E-state index contributed by atoms with van der Waals surface area (Å²) in [6.45, 7) is 9.29. The topological polar surface area (TPSA) is 17.8 Å². The monoisotopic (exact) mass is 376 g/mol. The number of unbranched alkanes of at least 4 members (excludes halogenated alkanes) is 11. The van der Waals surface area contributed by atoms with Gasteiger partial charge >= 0.3 is 0 Å². The van der Waals surface area contributed by atoms with Gasteiger partial charge in [-0.3, -0.25) is 0 Å². The fraction of sp³-hybridized carbons (Fsp3) is 0.880. The Balaban J connectivity index is 2.23. The first-order valence-corrected chi connectivity index (χ1v) is 12.3. The molecule has 0 amide bonds. The summed E-state index contributed by atoms with van der Waals surface area (Å²) in [5.74, 6) is 1.98. The van der Waals surface area contributed by atoms with Gasteiger partial charge in [0, 0.05) is 24.4 Å². The smallest absolute Gasteiger partial charge is 0.111 e. The molecule has 0 aromatic carbocycles. The maximum Gasteiger partial charge on any atom is 0.111 e. The molecule has 158 valence electrons. The van der Waals surface area contributed by atoms with Gasteiger partial charge in [0.2, 0.25) is 0 Å². The van der Waals surface area contributed by atoms with Gasteiger partial charge in [-0.05, 0) is 26.2 Å². The van der Waals surface area contributed by atoms with Crippen molar-refractivity contribution in [2.45, 2.75) is 142 Å². The van der Waals surface area contributed by atoms with E-state index in [4.69, 9.17) is 4.98 Å². The summed E-state index contributed by atoms with van der Waals surface area (Å²) in [4.78, 5) is 4.75. The number of aromatic nitrogens is 2. The molecule has 0 bridgehead atoms. The molecule has 1 aromatic rings. The van der Waals surface area contributed by atoms with Crippen LogP contribution in [0.25, 0.3) is 0 Å². The average molecular weight is 377 g/mol. The van der Waals surface area contributed by atoms with Crippen LogP contribution in [0.4, 0.5) is 0 Å². The van der Waals surface area contributed by atoms with Gasteiger partial charge in [-0.1, -0.05) is 104 Å². The molecule has 27 heavy (non-hydrogen) atoms. The maximum absolute atomic E-state index is 4.75. The Morgan fingerprint density at radius 2 is 1.26 bits per heavy atom. The molecule has 0 aliphatic heterocycles. The van der Waals surface area contributed by atoms with E-state index in [9.17, 15) is 0 Å². The molecule has 0 aliphatic rings. The molecule has 0 aliphatic carbocycles. The molecule has 0 saturated heterocycles. The zero-order valence-corrected chi connectivity index (χ0v) is 19.0. The summed E-state index contributed by atoms with van der Waals surface area (Å²) in [6.07, 6.45) is 26.2. The minimum atomic E-state index is 0.594. The molecule has 0 fully saturated rings. The minimum Gasteiger partial charge on any atom is -0.332 e. The van der Waals surface area contributed by atoms with Gasteiger partial charge in [0.15, 0.2) is 0 Å². The molecule has 2 atom stereocenters. The summed E-state index contributed by atoms with van der Waals surface area (Å²) in [6, 6.07) is 0.594. The molecule has 2 unspecified atom stereocenters. The molecule has 1 heterocycles. The van der Waals surface area contributed by atoms with E-state index < -0.39 is 0 Å². The van der Waals surface area contributed by atoms with Gasteiger partial charge in [0.25, 0.3) is 0 Å². The molecule has 1 rings (SSSR count). The van der Waals surface area contributed by atoms with Crippen LogP contribution in [-0.4, -0.2) is 9.55 Å². The highest BCUT2D eigenvalue weighted by molar-refractivity contribution is 5.02. The van der Waals surface area contributed by atoms with Crippen molar-refractivity contribution in [3.8, 4) is 0 Å². The summed E-state index contributed by atoms with van der Waals surface area (Å²) in [5.41, 5.74) is 0. The minimum absolute atomic E-state index is 0.594. The first-order chi connectivity index (χ1) is 13.2. The zero-order valence-electron chi connectivity index (χ0n) is 19.0. The normalized spacial score (nSPS) is 13.8. The number of nitrogens with zero attached hydrogens (tertiary/aromatic N) is 2. The standard InChI is InChI=1S/C25H48N2/c1-5-8-10-11-12-13-14-15-16-18-19-23(4)27-22-21-26-25(27)24(7-3)20-17-9-6-2/h21-24H,5-20H2,1-4H3. The third-order valence-corrected chi connectivity index (χ3v) is 6.16. The molecule has 0 spiro atoms. The second kappa shape index (κ2) is 16.2. The van der Waals surface area contributed by atoms with Gasteiger partial charge < -0.3 is 4.57 Å². The van der Waals surface area contributed by atoms with E-state index >= 15 is 0 Å². The quantitative estimate of drug-likeness (QED) is 0.234. The Kier molecular flexibility index (Phi) is 14.5. The highest BCUT2D eigenvalue weighted by Crippen LogP contribution is 2.28. The lowest BCUT2D eigenvalue weighted by molar-refractivity contribution is 0.426. The highest BCUT2D eigenvalue weighted by atomic mass is 15.1. The Bertz CT molecular complexity index is 437. The zero-order chi connectivity index (χ0) is 19.7. The van der Waals surface area contributed by atoms with Crippen LogP contribution in [0.1, 0.15) is 148 Å². The second-order valence-electron chi connectivity index (χ2n) is 8.61. The van der Waals surface area contributed by atoms with Gasteiger partial charge in [-0.25, -0.2) is 4.98 Å². The van der Waals surface area contributed by atoms with Crippen molar-refractivity contribution in [3.05, 3.63) is 18.2 Å². The van der Waals surface area contributed by atoms with E-state index in [2.05, 4.69) is 38.5 Å². The van der Waals surface area contributed by atoms with Crippen LogP contribution in [-0.2, 0) is 0 Å². The average Bonchev–Trinajstić information content (AvgIpc) is 3.16. The largest absolute Gasteiger partial charge is 0.332 e. The van der Waals surface area contributed by atoms with Crippen molar-refractivity contribution in [3.63, 3.8) is 0 Å². The van der Waals surface area contributed by atoms with E-state index in [1.165, 1.54) is 109 Å². The molecular formula is C25H48N2. The lowest BCUT2D eigenvalue weighted by Crippen LogP contribution is -2.12. The van der Waals surface area contributed by atoms with E-state index in [1.54, 1.807) is 0 Å². The Hall–Kier alpha value is -0.790. The first-order valence-electron chi connectivity index (χ1n) is 12.3. The predicted octanol–water partition coefficient (Wildman–Crippen LogP) is 8.83. The molecule has 2 nitrogen and oxygen atoms in total. The first kappa shape index (κ1) is 24.2. The van der Waals surface area contributed by atoms with E-state index in [-0.39, 0.29) is 0 Å². The van der Waals surface area contributed by atoms with Gasteiger partial charge in [0.05, 0.1) is 0 Å². The van der Waals surface area contributed by atoms with Crippen LogP contribution in [0.3, 0.4) is 0 Å². The fourth-order valence-corrected chi connectivity index (χ4v) is 4.24. The lowest BCUT2D eigenvalue weighted by Gasteiger charge is -2.21. The van der Waals surface area contributed by atoms with Crippen LogP contribution in [0.5, 0.6) is 0 Å². The molecular weight excluding hydrogens is 328 g/mol. The van der Waals surface area contributed by atoms with Gasteiger partial charge in [-0.15, -0.1) is 0 Å². The number of hydrogen-bond donors (Lipinski definition) is 0. The number of rotatable bonds is 18. The number of imidazole rings is 1. The van der Waals surface area contributed by atoms with Crippen LogP contribution < -0.4 is 0 Å². The Morgan fingerprint density at radius 3 is 1.85 bits per heavy atom. The van der Waals surface area contributed by atoms with E-state index in [0.29, 0.717) is 12.0 Å². The van der Waals surface area contributed by atoms with Crippen molar-refractivity contribution in [2.75, 3.05) is 0 Å². The van der Waals surface area contributed by atoms with Crippen molar-refractivity contribution in [2.24, 2.45) is 0 Å². The summed E-state index contributed by atoms with van der Waals surface area (Å²) in [5, 5.41) is 0. The van der Waals surface area contributed by atoms with Crippen molar-refractivity contribution in [1.82, 2.24) is 9.55 Å². The number of hydrogen-bond acceptors (Lipinski definition) is 1. The molecule has 0 radical (unpaired) electrons. The maximum atomic E-state index is 4.75. The van der Waals surface area contributed by atoms with Crippen LogP contribution >= 0.6 is 0 Å². The molecule has 0 saturated carbocycles. The highest BCUT2D eigenvalue weighted by Gasteiger charge is 2.17. The third kappa shape index (κ3) is 10.4. The Labute approximate surface area is 170 Å². The van der Waals surface area contributed by atoms with Crippen molar-refractivity contribution < 1.29 is 0 Å². The SMILES string of the molecule is CCCCCCCCCCCCC(C)n1ccnc1C(CC)CCCCC. The molecule has 0 N–H and O–H groups in total. The van der Waals surface area contributed by atoms with Crippen LogP contribution in [0.15, 0.2) is 12.4 Å². The van der Waals surface area contributed by atoms with E-state index in [1.807, 2.05) is 6.20 Å². The van der Waals surface area contributed by atoms with Crippen molar-refractivity contribution in [1.29, 1.82) is 0 Å². The van der Waals surface area contributed by atoms with Gasteiger partial charge in [-0.2, -0.15) is 0 Å². The van der Waals surface area contributed by atoms with Gasteiger partial charge in [0.1, 0.15) is 5.82 Å². The second-order valence-corrected chi connectivity index (χ2v) is 8.61. The molecule has 2 heteroatoms. The van der Waals surface area contributed by atoms with Crippen molar-refractivity contribution >= 4 is 0 Å². The predicted molar refractivity (Wildman–Crippen MR) is 121 cm³/mol. The molecule has 1 aromatic heterocycles. The summed E-state index contributed by atoms with van der Waals surface area (Å²) >= 11 is 0. The summed E-state index contributed by atoms with van der Waals surface area (Å²) in [7, 11) is 0. The van der Waals surface area contributed by atoms with Crippen LogP contribution in [0.2, 0.25) is 0 Å². The third-order valence-electron chi connectivity index (χ3n) is 6.16. The van der Waals surface area contributed by atoms with Crippen LogP contribution in [0, 0.1) is 0 Å². The fourth-order valence-electron chi connectivity index (χ4n) is 4.24. The summed E-state index contributed by atoms with van der Waals surface area (Å²) < 4.78 is 2.48.